The Morgan fingerprint density at radius 3 is 2.14 bits per heavy atom. The first-order valence-electron chi connectivity index (χ1n) is 11.8. The van der Waals surface area contributed by atoms with Crippen molar-refractivity contribution in [3.05, 3.63) is 65.7 Å². The number of carbonyl (C=O) groups excluding carboxylic acids is 2. The summed E-state index contributed by atoms with van der Waals surface area (Å²) < 4.78 is 65.6. The number of anilines is 1. The van der Waals surface area contributed by atoms with E-state index >= 15 is 0 Å². The van der Waals surface area contributed by atoms with Gasteiger partial charge in [0.1, 0.15) is 12.6 Å². The molecule has 0 aliphatic rings. The first kappa shape index (κ1) is 30.1. The summed E-state index contributed by atoms with van der Waals surface area (Å²) in [7, 11) is -4.14. The molecular weight excluding hydrogens is 507 g/mol. The van der Waals surface area contributed by atoms with E-state index in [4.69, 9.17) is 0 Å². The van der Waals surface area contributed by atoms with Gasteiger partial charge in [-0.3, -0.25) is 13.9 Å². The second-order valence-corrected chi connectivity index (χ2v) is 11.7. The Kier molecular flexibility index (Phi) is 9.76. The number of carbonyl (C=O) groups is 2. The lowest BCUT2D eigenvalue weighted by molar-refractivity contribution is -0.140. The summed E-state index contributed by atoms with van der Waals surface area (Å²) in [6.45, 7) is 6.48. The quantitative estimate of drug-likeness (QED) is 0.488. The molecule has 1 atom stereocenters. The van der Waals surface area contributed by atoms with Crippen LogP contribution < -0.4 is 9.62 Å². The van der Waals surface area contributed by atoms with Crippen molar-refractivity contribution < 1.29 is 31.2 Å². The van der Waals surface area contributed by atoms with Gasteiger partial charge in [-0.15, -0.1) is 0 Å². The van der Waals surface area contributed by atoms with Gasteiger partial charge < -0.3 is 10.2 Å². The standard InChI is InChI=1S/C26H34F3N3O4S/c1-6-22(24(34)30-25(2,3)4)31(16-15-19-11-8-7-9-12-19)23(33)18-32(37(5,35)36)21-14-10-13-20(17-21)26(27,28)29/h7-14,17,22H,6,15-16,18H2,1-5H3,(H,30,34). The zero-order valence-electron chi connectivity index (χ0n) is 21.7. The zero-order chi connectivity index (χ0) is 28.0. The highest BCUT2D eigenvalue weighted by atomic mass is 32.2. The fourth-order valence-electron chi connectivity index (χ4n) is 3.80. The molecule has 0 saturated carbocycles. The van der Waals surface area contributed by atoms with Gasteiger partial charge in [-0.05, 0) is 57.4 Å². The summed E-state index contributed by atoms with van der Waals surface area (Å²) in [6.07, 6.45) is -3.22. The number of hydrogen-bond acceptors (Lipinski definition) is 4. The molecule has 2 amide bonds. The van der Waals surface area contributed by atoms with Crippen LogP contribution >= 0.6 is 0 Å². The summed E-state index contributed by atoms with van der Waals surface area (Å²) in [5.41, 5.74) is -0.997. The first-order valence-corrected chi connectivity index (χ1v) is 13.7. The van der Waals surface area contributed by atoms with E-state index in [0.29, 0.717) is 16.8 Å². The molecule has 1 unspecified atom stereocenters. The Bertz CT molecular complexity index is 1180. The van der Waals surface area contributed by atoms with Gasteiger partial charge in [0.2, 0.25) is 21.8 Å². The number of hydrogen-bond donors (Lipinski definition) is 1. The summed E-state index contributed by atoms with van der Waals surface area (Å²) in [5.74, 6) is -1.10. The second kappa shape index (κ2) is 12.0. The normalized spacial score (nSPS) is 13.1. The van der Waals surface area contributed by atoms with Crippen molar-refractivity contribution in [3.8, 4) is 0 Å². The van der Waals surface area contributed by atoms with Crippen LogP contribution in [0.4, 0.5) is 18.9 Å². The minimum Gasteiger partial charge on any atom is -0.350 e. The highest BCUT2D eigenvalue weighted by Crippen LogP contribution is 2.32. The zero-order valence-corrected chi connectivity index (χ0v) is 22.5. The van der Waals surface area contributed by atoms with Gasteiger partial charge >= 0.3 is 6.18 Å². The number of halogens is 3. The lowest BCUT2D eigenvalue weighted by Crippen LogP contribution is -2.56. The minimum atomic E-state index is -4.69. The monoisotopic (exact) mass is 541 g/mol. The van der Waals surface area contributed by atoms with Crippen LogP contribution in [0.2, 0.25) is 0 Å². The smallest absolute Gasteiger partial charge is 0.350 e. The third-order valence-corrected chi connectivity index (χ3v) is 6.65. The number of benzene rings is 2. The molecule has 0 aliphatic heterocycles. The second-order valence-electron chi connectivity index (χ2n) is 9.80. The predicted molar refractivity (Wildman–Crippen MR) is 137 cm³/mol. The van der Waals surface area contributed by atoms with E-state index < -0.39 is 51.7 Å². The highest BCUT2D eigenvalue weighted by Gasteiger charge is 2.34. The Morgan fingerprint density at radius 1 is 1.00 bits per heavy atom. The molecular formula is C26H34F3N3O4S. The Morgan fingerprint density at radius 2 is 1.62 bits per heavy atom. The third-order valence-electron chi connectivity index (χ3n) is 5.51. The number of alkyl halides is 3. The van der Waals surface area contributed by atoms with E-state index in [9.17, 15) is 31.2 Å². The Labute approximate surface area is 216 Å². The Hall–Kier alpha value is -3.08. The van der Waals surface area contributed by atoms with Gasteiger partial charge in [0, 0.05) is 12.1 Å². The number of amides is 2. The van der Waals surface area contributed by atoms with Crippen LogP contribution in [0.15, 0.2) is 54.6 Å². The number of rotatable bonds is 10. The van der Waals surface area contributed by atoms with Gasteiger partial charge in [0.15, 0.2) is 0 Å². The van der Waals surface area contributed by atoms with Crippen molar-refractivity contribution in [3.63, 3.8) is 0 Å². The topological polar surface area (TPSA) is 86.8 Å². The van der Waals surface area contributed by atoms with Crippen molar-refractivity contribution in [2.45, 2.75) is 58.3 Å². The molecule has 2 rings (SSSR count). The van der Waals surface area contributed by atoms with Crippen molar-refractivity contribution in [2.75, 3.05) is 23.7 Å². The van der Waals surface area contributed by atoms with Crippen LogP contribution in [0.1, 0.15) is 45.2 Å². The average molecular weight is 542 g/mol. The van der Waals surface area contributed by atoms with E-state index in [2.05, 4.69) is 5.32 Å². The molecule has 0 saturated heterocycles. The van der Waals surface area contributed by atoms with Crippen molar-refractivity contribution in [2.24, 2.45) is 0 Å². The summed E-state index contributed by atoms with van der Waals surface area (Å²) in [4.78, 5) is 28.0. The van der Waals surface area contributed by atoms with E-state index in [0.717, 1.165) is 24.0 Å². The fraction of sp³-hybridized carbons (Fsp3) is 0.462. The van der Waals surface area contributed by atoms with Crippen molar-refractivity contribution in [1.29, 1.82) is 0 Å². The van der Waals surface area contributed by atoms with Gasteiger partial charge in [-0.1, -0.05) is 43.3 Å². The number of nitrogens with one attached hydrogen (secondary N) is 1. The maximum absolute atomic E-state index is 13.6. The maximum Gasteiger partial charge on any atom is 0.416 e. The third kappa shape index (κ3) is 9.07. The van der Waals surface area contributed by atoms with Crippen LogP contribution in [-0.4, -0.2) is 56.1 Å². The van der Waals surface area contributed by atoms with Gasteiger partial charge in [-0.2, -0.15) is 13.2 Å². The van der Waals surface area contributed by atoms with E-state index in [1.807, 2.05) is 30.3 Å². The molecule has 2 aromatic rings. The average Bonchev–Trinajstić information content (AvgIpc) is 2.78. The molecule has 37 heavy (non-hydrogen) atoms. The maximum atomic E-state index is 13.6. The van der Waals surface area contributed by atoms with Gasteiger partial charge in [-0.25, -0.2) is 8.42 Å². The highest BCUT2D eigenvalue weighted by molar-refractivity contribution is 7.92. The molecule has 11 heteroatoms. The van der Waals surface area contributed by atoms with Crippen LogP contribution in [0.3, 0.4) is 0 Å². The van der Waals surface area contributed by atoms with Crippen LogP contribution in [0.25, 0.3) is 0 Å². The fourth-order valence-corrected chi connectivity index (χ4v) is 4.64. The summed E-state index contributed by atoms with van der Waals surface area (Å²) in [5, 5.41) is 2.85. The molecule has 7 nitrogen and oxygen atoms in total. The minimum absolute atomic E-state index is 0.110. The van der Waals surface area contributed by atoms with E-state index in [1.54, 1.807) is 27.7 Å². The van der Waals surface area contributed by atoms with Gasteiger partial charge in [0.05, 0.1) is 17.5 Å². The van der Waals surface area contributed by atoms with Crippen LogP contribution in [0.5, 0.6) is 0 Å². The van der Waals surface area contributed by atoms with Gasteiger partial charge in [0.25, 0.3) is 0 Å². The molecule has 1 N–H and O–H groups in total. The SMILES string of the molecule is CCC(C(=O)NC(C)(C)C)N(CCc1ccccc1)C(=O)CN(c1cccc(C(F)(F)F)c1)S(C)(=O)=O. The Balaban J connectivity index is 2.44. The molecule has 0 heterocycles. The van der Waals surface area contributed by atoms with Crippen molar-refractivity contribution in [1.82, 2.24) is 10.2 Å². The predicted octanol–water partition coefficient (Wildman–Crippen LogP) is 4.24. The van der Waals surface area contributed by atoms with Crippen LogP contribution in [-0.2, 0) is 32.2 Å². The van der Waals surface area contributed by atoms with E-state index in [1.165, 1.54) is 11.0 Å². The molecule has 0 radical (unpaired) electrons. The largest absolute Gasteiger partial charge is 0.416 e. The number of sulfonamides is 1. The lowest BCUT2D eigenvalue weighted by atomic mass is 10.1. The molecule has 2 aromatic carbocycles. The molecule has 0 fully saturated rings. The number of nitrogens with zero attached hydrogens (tertiary/aromatic N) is 2. The molecule has 0 aromatic heterocycles. The van der Waals surface area contributed by atoms with Crippen molar-refractivity contribution >= 4 is 27.5 Å². The summed E-state index contributed by atoms with van der Waals surface area (Å²) >= 11 is 0. The lowest BCUT2D eigenvalue weighted by Gasteiger charge is -2.34. The van der Waals surface area contributed by atoms with Crippen LogP contribution in [0, 0.1) is 0 Å². The summed E-state index contributed by atoms with van der Waals surface area (Å²) in [6, 6.07) is 12.1. The van der Waals surface area contributed by atoms with E-state index in [-0.39, 0.29) is 18.7 Å². The molecule has 0 aliphatic carbocycles. The molecule has 204 valence electrons. The molecule has 0 spiro atoms. The first-order chi connectivity index (χ1) is 17.0. The molecule has 0 bridgehead atoms.